The van der Waals surface area contributed by atoms with Crippen molar-refractivity contribution in [3.63, 3.8) is 0 Å². The van der Waals surface area contributed by atoms with E-state index < -0.39 is 43.4 Å². The van der Waals surface area contributed by atoms with Gasteiger partial charge in [-0.15, -0.1) is 0 Å². The van der Waals surface area contributed by atoms with Crippen LogP contribution >= 0.6 is 0 Å². The summed E-state index contributed by atoms with van der Waals surface area (Å²) < 4.78 is 91.3. The van der Waals surface area contributed by atoms with Crippen LogP contribution in [0.4, 0.5) is 30.7 Å². The van der Waals surface area contributed by atoms with Crippen molar-refractivity contribution >= 4 is 5.97 Å². The van der Waals surface area contributed by atoms with Crippen LogP contribution in [0, 0.1) is 0 Å². The van der Waals surface area contributed by atoms with Crippen molar-refractivity contribution in [1.82, 2.24) is 0 Å². The third-order valence-corrected chi connectivity index (χ3v) is 1.91. The fourth-order valence-electron chi connectivity index (χ4n) is 0.847. The second-order valence-electron chi connectivity index (χ2n) is 3.24. The molecule has 0 unspecified atom stereocenters. The minimum atomic E-state index is -5.88. The summed E-state index contributed by atoms with van der Waals surface area (Å²) in [5.74, 6) is -17.8. The Balaban J connectivity index is 4.71. The molecule has 0 rings (SSSR count). The highest BCUT2D eigenvalue weighted by Gasteiger charge is 2.71. The number of halogens is 7. The zero-order valence-corrected chi connectivity index (χ0v) is 8.87. The molecular formula is C9H9F7O2. The van der Waals surface area contributed by atoms with Crippen LogP contribution in [0.15, 0.2) is 12.7 Å². The second-order valence-corrected chi connectivity index (χ2v) is 3.24. The molecule has 0 radical (unpaired) electrons. The van der Waals surface area contributed by atoms with E-state index in [4.69, 9.17) is 0 Å². The fourth-order valence-corrected chi connectivity index (χ4v) is 0.847. The molecular weight excluding hydrogens is 273 g/mol. The summed E-state index contributed by atoms with van der Waals surface area (Å²) in [6.45, 7) is -1.26. The molecule has 18 heavy (non-hydrogen) atoms. The van der Waals surface area contributed by atoms with E-state index in [2.05, 4.69) is 11.3 Å². The molecule has 0 aromatic heterocycles. The average Bonchev–Trinajstić information content (AvgIpc) is 2.27. The smallest absolute Gasteiger partial charge is 0.374 e. The van der Waals surface area contributed by atoms with E-state index in [9.17, 15) is 35.5 Å². The first-order valence-electron chi connectivity index (χ1n) is 4.50. The summed E-state index contributed by atoms with van der Waals surface area (Å²) in [5, 5.41) is 0. The highest BCUT2D eigenvalue weighted by molar-refractivity contribution is 5.81. The molecule has 0 aromatic rings. The van der Waals surface area contributed by atoms with Gasteiger partial charge in [-0.25, -0.2) is 9.18 Å². The Morgan fingerprint density at radius 1 is 1.11 bits per heavy atom. The van der Waals surface area contributed by atoms with Crippen molar-refractivity contribution in [1.29, 1.82) is 0 Å². The maximum atomic E-state index is 12.8. The minimum Gasteiger partial charge on any atom is -0.462 e. The number of carbonyl (C=O) groups excluding carboxylic acids is 1. The Hall–Kier alpha value is -1.28. The summed E-state index contributed by atoms with van der Waals surface area (Å²) in [5.41, 5.74) is 0. The lowest BCUT2D eigenvalue weighted by atomic mass is 10.0. The number of hydrogen-bond acceptors (Lipinski definition) is 2. The van der Waals surface area contributed by atoms with Crippen LogP contribution in [0.25, 0.3) is 0 Å². The highest BCUT2D eigenvalue weighted by Crippen LogP contribution is 2.47. The largest absolute Gasteiger partial charge is 0.462 e. The van der Waals surface area contributed by atoms with Crippen LogP contribution in [-0.2, 0) is 9.53 Å². The third-order valence-electron chi connectivity index (χ3n) is 1.91. The fraction of sp³-hybridized carbons (Fsp3) is 0.667. The predicted molar refractivity (Wildman–Crippen MR) is 46.6 cm³/mol. The van der Waals surface area contributed by atoms with Crippen molar-refractivity contribution in [3.8, 4) is 0 Å². The van der Waals surface area contributed by atoms with E-state index in [-0.39, 0.29) is 0 Å². The number of esters is 1. The summed E-state index contributed by atoms with van der Waals surface area (Å²) in [4.78, 5) is 10.4. The molecule has 0 aliphatic rings. The van der Waals surface area contributed by atoms with E-state index >= 15 is 0 Å². The Morgan fingerprint density at radius 2 is 1.61 bits per heavy atom. The Morgan fingerprint density at radius 3 is 2.00 bits per heavy atom. The van der Waals surface area contributed by atoms with Crippen molar-refractivity contribution in [2.75, 3.05) is 13.3 Å². The zero-order chi connectivity index (χ0) is 14.6. The van der Waals surface area contributed by atoms with E-state index in [0.29, 0.717) is 6.08 Å². The summed E-state index contributed by atoms with van der Waals surface area (Å²) >= 11 is 0. The third kappa shape index (κ3) is 3.36. The zero-order valence-electron chi connectivity index (χ0n) is 8.87. The van der Waals surface area contributed by atoms with Gasteiger partial charge in [-0.3, -0.25) is 0 Å². The van der Waals surface area contributed by atoms with Gasteiger partial charge in [0.15, 0.2) is 6.67 Å². The number of ether oxygens (including phenoxy) is 1. The molecule has 0 saturated carbocycles. The van der Waals surface area contributed by atoms with Crippen LogP contribution in [0.5, 0.6) is 0 Å². The summed E-state index contributed by atoms with van der Waals surface area (Å²) in [6, 6.07) is 0. The first-order valence-corrected chi connectivity index (χ1v) is 4.50. The van der Waals surface area contributed by atoms with Gasteiger partial charge < -0.3 is 4.74 Å². The lowest BCUT2D eigenvalue weighted by Crippen LogP contribution is -2.55. The summed E-state index contributed by atoms with van der Waals surface area (Å²) in [7, 11) is 0. The van der Waals surface area contributed by atoms with Crippen molar-refractivity contribution in [3.05, 3.63) is 12.7 Å². The molecule has 2 nitrogen and oxygen atoms in total. The van der Waals surface area contributed by atoms with Gasteiger partial charge in [0, 0.05) is 6.08 Å². The first kappa shape index (κ1) is 16.7. The van der Waals surface area contributed by atoms with Gasteiger partial charge in [0.25, 0.3) is 0 Å². The van der Waals surface area contributed by atoms with Gasteiger partial charge >= 0.3 is 23.7 Å². The molecule has 0 bridgehead atoms. The van der Waals surface area contributed by atoms with Crippen LogP contribution in [-0.4, -0.2) is 37.0 Å². The van der Waals surface area contributed by atoms with Crippen LogP contribution in [0.2, 0.25) is 0 Å². The van der Waals surface area contributed by atoms with Gasteiger partial charge in [0.2, 0.25) is 0 Å². The molecule has 0 N–H and O–H groups in total. The van der Waals surface area contributed by atoms with Crippen molar-refractivity contribution < 1.29 is 40.3 Å². The predicted octanol–water partition coefficient (Wildman–Crippen LogP) is 2.98. The Labute approximate surface area is 97.4 Å². The maximum Gasteiger partial charge on any atom is 0.374 e. The Kier molecular flexibility index (Phi) is 5.18. The molecule has 0 fully saturated rings. The van der Waals surface area contributed by atoms with E-state index in [1.165, 1.54) is 0 Å². The lowest BCUT2D eigenvalue weighted by molar-refractivity contribution is -0.314. The van der Waals surface area contributed by atoms with Crippen molar-refractivity contribution in [2.24, 2.45) is 0 Å². The van der Waals surface area contributed by atoms with Crippen LogP contribution in [0.1, 0.15) is 6.42 Å². The molecule has 0 amide bonds. The number of hydrogen-bond donors (Lipinski definition) is 0. The number of carbonyl (C=O) groups is 1. The van der Waals surface area contributed by atoms with E-state index in [0.717, 1.165) is 0 Å². The minimum absolute atomic E-state index is 0.576. The van der Waals surface area contributed by atoms with Crippen LogP contribution < -0.4 is 0 Å². The number of alkyl halides is 7. The molecule has 0 atom stereocenters. The molecule has 9 heteroatoms. The van der Waals surface area contributed by atoms with Crippen LogP contribution in [0.3, 0.4) is 0 Å². The first-order chi connectivity index (χ1) is 8.02. The average molecular weight is 282 g/mol. The molecule has 106 valence electrons. The molecule has 0 aliphatic carbocycles. The molecule has 0 heterocycles. The molecule has 0 saturated heterocycles. The van der Waals surface area contributed by atoms with E-state index in [1.54, 1.807) is 0 Å². The van der Waals surface area contributed by atoms with Gasteiger partial charge in [0.05, 0.1) is 13.0 Å². The molecule has 0 aromatic carbocycles. The summed E-state index contributed by atoms with van der Waals surface area (Å²) in [6.07, 6.45) is -1.29. The Bertz CT molecular complexity index is 314. The molecule has 0 aliphatic heterocycles. The van der Waals surface area contributed by atoms with Gasteiger partial charge in [-0.2, -0.15) is 26.3 Å². The standard InChI is InChI=1S/C9H9F7O2/c1-2-6(17)18-4-3-7(11,12)9(15,16)8(13,14)5-10/h2H,1,3-5H2. The lowest BCUT2D eigenvalue weighted by Gasteiger charge is -2.31. The molecule has 0 spiro atoms. The monoisotopic (exact) mass is 282 g/mol. The van der Waals surface area contributed by atoms with Gasteiger partial charge in [-0.1, -0.05) is 6.58 Å². The van der Waals surface area contributed by atoms with Crippen molar-refractivity contribution in [2.45, 2.75) is 24.2 Å². The van der Waals surface area contributed by atoms with Gasteiger partial charge in [-0.05, 0) is 0 Å². The normalized spacial score (nSPS) is 13.3. The SMILES string of the molecule is C=CC(=O)OCCC(F)(F)C(F)(F)C(F)(F)CF. The van der Waals surface area contributed by atoms with E-state index in [1.807, 2.05) is 0 Å². The second kappa shape index (κ2) is 5.57. The number of rotatable bonds is 7. The maximum absolute atomic E-state index is 12.8. The quantitative estimate of drug-likeness (QED) is 0.407. The van der Waals surface area contributed by atoms with Gasteiger partial charge in [0.1, 0.15) is 0 Å². The topological polar surface area (TPSA) is 26.3 Å². The highest BCUT2D eigenvalue weighted by atomic mass is 19.3.